The third-order valence-corrected chi connectivity index (χ3v) is 1.95. The van der Waals surface area contributed by atoms with Gasteiger partial charge in [0.1, 0.15) is 0 Å². The molecular formula is C8H14N4OS. The fourth-order valence-electron chi connectivity index (χ4n) is 0.929. The second-order valence-electron chi connectivity index (χ2n) is 2.69. The van der Waals surface area contributed by atoms with Crippen LogP contribution in [0.5, 0.6) is 0 Å². The number of nitrogens with zero attached hydrogens (tertiary/aromatic N) is 2. The van der Waals surface area contributed by atoms with Gasteiger partial charge in [0.2, 0.25) is 0 Å². The standard InChI is InChI=1S/C8H14N4OS/c1-9-8(14)11-7-5-10-12(6-7)3-4-13-2/h5-6H,3-4H2,1-2H3,(H2,9,11,14). The van der Waals surface area contributed by atoms with Crippen LogP contribution in [0.4, 0.5) is 5.69 Å². The number of anilines is 1. The summed E-state index contributed by atoms with van der Waals surface area (Å²) in [5, 5.41) is 10.5. The molecule has 78 valence electrons. The van der Waals surface area contributed by atoms with Crippen LogP contribution in [-0.2, 0) is 11.3 Å². The van der Waals surface area contributed by atoms with E-state index in [2.05, 4.69) is 15.7 Å². The van der Waals surface area contributed by atoms with Crippen LogP contribution < -0.4 is 10.6 Å². The number of methoxy groups -OCH3 is 1. The van der Waals surface area contributed by atoms with Crippen LogP contribution >= 0.6 is 12.2 Å². The maximum Gasteiger partial charge on any atom is 0.170 e. The van der Waals surface area contributed by atoms with Gasteiger partial charge in [-0.2, -0.15) is 5.10 Å². The number of ether oxygens (including phenoxy) is 1. The highest BCUT2D eigenvalue weighted by atomic mass is 32.1. The molecule has 2 N–H and O–H groups in total. The number of thiocarbonyl (C=S) groups is 1. The van der Waals surface area contributed by atoms with E-state index in [1.54, 1.807) is 25.0 Å². The Morgan fingerprint density at radius 2 is 2.50 bits per heavy atom. The van der Waals surface area contributed by atoms with Gasteiger partial charge >= 0.3 is 0 Å². The van der Waals surface area contributed by atoms with Gasteiger partial charge in [-0.25, -0.2) is 0 Å². The summed E-state index contributed by atoms with van der Waals surface area (Å²) in [4.78, 5) is 0. The number of nitrogens with one attached hydrogen (secondary N) is 2. The van der Waals surface area contributed by atoms with E-state index < -0.39 is 0 Å². The van der Waals surface area contributed by atoms with E-state index in [0.29, 0.717) is 11.7 Å². The molecule has 0 radical (unpaired) electrons. The normalized spacial score (nSPS) is 9.86. The zero-order valence-corrected chi connectivity index (χ0v) is 9.10. The Bertz CT molecular complexity index is 299. The van der Waals surface area contributed by atoms with Crippen molar-refractivity contribution < 1.29 is 4.74 Å². The molecule has 1 aromatic rings. The molecule has 0 saturated carbocycles. The summed E-state index contributed by atoms with van der Waals surface area (Å²) < 4.78 is 6.73. The summed E-state index contributed by atoms with van der Waals surface area (Å²) >= 11 is 4.95. The number of aromatic nitrogens is 2. The lowest BCUT2D eigenvalue weighted by molar-refractivity contribution is 0.183. The Kier molecular flexibility index (Phi) is 4.34. The molecular weight excluding hydrogens is 200 g/mol. The van der Waals surface area contributed by atoms with E-state index in [4.69, 9.17) is 17.0 Å². The minimum Gasteiger partial charge on any atom is -0.383 e. The van der Waals surface area contributed by atoms with E-state index in [1.165, 1.54) is 0 Å². The Labute approximate surface area is 88.4 Å². The van der Waals surface area contributed by atoms with Crippen molar-refractivity contribution in [2.24, 2.45) is 0 Å². The summed E-state index contributed by atoms with van der Waals surface area (Å²) in [5.74, 6) is 0. The summed E-state index contributed by atoms with van der Waals surface area (Å²) in [6, 6.07) is 0. The topological polar surface area (TPSA) is 51.1 Å². The molecule has 0 aliphatic heterocycles. The van der Waals surface area contributed by atoms with E-state index in [1.807, 2.05) is 6.20 Å². The number of rotatable bonds is 4. The molecule has 0 fully saturated rings. The van der Waals surface area contributed by atoms with E-state index in [-0.39, 0.29) is 0 Å². The quantitative estimate of drug-likeness (QED) is 0.713. The molecule has 0 bridgehead atoms. The predicted molar refractivity (Wildman–Crippen MR) is 59.4 cm³/mol. The molecule has 0 spiro atoms. The van der Waals surface area contributed by atoms with Crippen LogP contribution in [0.2, 0.25) is 0 Å². The minimum atomic E-state index is 0.580. The van der Waals surface area contributed by atoms with Crippen LogP contribution in [0.25, 0.3) is 0 Å². The molecule has 0 amide bonds. The first-order chi connectivity index (χ1) is 6.76. The van der Waals surface area contributed by atoms with Crippen LogP contribution in [0.1, 0.15) is 0 Å². The monoisotopic (exact) mass is 214 g/mol. The fourth-order valence-corrected chi connectivity index (χ4v) is 1.05. The largest absolute Gasteiger partial charge is 0.383 e. The highest BCUT2D eigenvalue weighted by molar-refractivity contribution is 7.80. The molecule has 6 heteroatoms. The summed E-state index contributed by atoms with van der Waals surface area (Å²) in [5.41, 5.74) is 0.875. The highest BCUT2D eigenvalue weighted by Crippen LogP contribution is 2.03. The first-order valence-corrected chi connectivity index (χ1v) is 4.67. The lowest BCUT2D eigenvalue weighted by Gasteiger charge is -2.02. The molecule has 1 rings (SSSR count). The smallest absolute Gasteiger partial charge is 0.170 e. The van der Waals surface area contributed by atoms with Crippen LogP contribution in [0.15, 0.2) is 12.4 Å². The van der Waals surface area contributed by atoms with Crippen molar-refractivity contribution in [3.05, 3.63) is 12.4 Å². The van der Waals surface area contributed by atoms with Gasteiger partial charge in [-0.15, -0.1) is 0 Å². The van der Waals surface area contributed by atoms with Gasteiger partial charge in [-0.05, 0) is 12.2 Å². The zero-order chi connectivity index (χ0) is 10.4. The molecule has 5 nitrogen and oxygen atoms in total. The molecule has 14 heavy (non-hydrogen) atoms. The van der Waals surface area contributed by atoms with Crippen molar-refractivity contribution in [1.82, 2.24) is 15.1 Å². The second-order valence-corrected chi connectivity index (χ2v) is 3.10. The van der Waals surface area contributed by atoms with E-state index >= 15 is 0 Å². The van der Waals surface area contributed by atoms with Crippen LogP contribution in [0.3, 0.4) is 0 Å². The first-order valence-electron chi connectivity index (χ1n) is 4.26. The first kappa shape index (κ1) is 10.9. The molecule has 1 aromatic heterocycles. The van der Waals surface area contributed by atoms with Crippen molar-refractivity contribution in [3.8, 4) is 0 Å². The third-order valence-electron chi connectivity index (χ3n) is 1.64. The zero-order valence-electron chi connectivity index (χ0n) is 8.28. The molecule has 0 atom stereocenters. The Hall–Kier alpha value is -1.14. The summed E-state index contributed by atoms with van der Waals surface area (Å²) in [6.07, 6.45) is 3.60. The lowest BCUT2D eigenvalue weighted by Crippen LogP contribution is -2.23. The van der Waals surface area contributed by atoms with Crippen molar-refractivity contribution >= 4 is 23.0 Å². The fraction of sp³-hybridized carbons (Fsp3) is 0.500. The molecule has 0 saturated heterocycles. The van der Waals surface area contributed by atoms with Crippen molar-refractivity contribution in [3.63, 3.8) is 0 Å². The van der Waals surface area contributed by atoms with Crippen molar-refractivity contribution in [2.45, 2.75) is 6.54 Å². The van der Waals surface area contributed by atoms with Gasteiger partial charge in [0, 0.05) is 20.4 Å². The maximum atomic E-state index is 4.95. The summed E-state index contributed by atoms with van der Waals surface area (Å²) in [7, 11) is 3.43. The van der Waals surface area contributed by atoms with Gasteiger partial charge in [-0.3, -0.25) is 4.68 Å². The van der Waals surface area contributed by atoms with E-state index in [0.717, 1.165) is 12.2 Å². The molecule has 0 aromatic carbocycles. The van der Waals surface area contributed by atoms with Crippen molar-refractivity contribution in [2.75, 3.05) is 26.1 Å². The third kappa shape index (κ3) is 3.31. The maximum absolute atomic E-state index is 4.95. The van der Waals surface area contributed by atoms with Gasteiger partial charge in [-0.1, -0.05) is 0 Å². The van der Waals surface area contributed by atoms with E-state index in [9.17, 15) is 0 Å². The van der Waals surface area contributed by atoms with Gasteiger partial charge in [0.25, 0.3) is 0 Å². The minimum absolute atomic E-state index is 0.580. The second kappa shape index (κ2) is 5.56. The lowest BCUT2D eigenvalue weighted by atomic mass is 10.5. The Morgan fingerprint density at radius 3 is 3.14 bits per heavy atom. The number of hydrogen-bond donors (Lipinski definition) is 2. The van der Waals surface area contributed by atoms with Gasteiger partial charge in [0.05, 0.1) is 25.0 Å². The van der Waals surface area contributed by atoms with Crippen molar-refractivity contribution in [1.29, 1.82) is 0 Å². The SMILES string of the molecule is CNC(=S)Nc1cnn(CCOC)c1. The average molecular weight is 214 g/mol. The number of hydrogen-bond acceptors (Lipinski definition) is 3. The highest BCUT2D eigenvalue weighted by Gasteiger charge is 1.98. The molecule has 1 heterocycles. The predicted octanol–water partition coefficient (Wildman–Crippen LogP) is 0.446. The average Bonchev–Trinajstić information content (AvgIpc) is 2.62. The Morgan fingerprint density at radius 1 is 1.71 bits per heavy atom. The molecule has 0 aliphatic carbocycles. The van der Waals surface area contributed by atoms with Crippen LogP contribution in [-0.4, -0.2) is 35.7 Å². The summed E-state index contributed by atoms with van der Waals surface area (Å²) in [6.45, 7) is 1.39. The van der Waals surface area contributed by atoms with Crippen LogP contribution in [0, 0.1) is 0 Å². The van der Waals surface area contributed by atoms with Gasteiger partial charge < -0.3 is 15.4 Å². The molecule has 0 aliphatic rings. The molecule has 0 unspecified atom stereocenters. The van der Waals surface area contributed by atoms with Gasteiger partial charge in [0.15, 0.2) is 5.11 Å². The Balaban J connectivity index is 2.46.